The zero-order valence-electron chi connectivity index (χ0n) is 8.57. The average Bonchev–Trinajstić information content (AvgIpc) is 2.94. The molecule has 0 amide bonds. The van der Waals surface area contributed by atoms with Gasteiger partial charge >= 0.3 is 0 Å². The van der Waals surface area contributed by atoms with E-state index in [-0.39, 0.29) is 0 Å². The van der Waals surface area contributed by atoms with Crippen LogP contribution in [0.2, 0.25) is 0 Å². The number of nitrogens with zero attached hydrogens (tertiary/aromatic N) is 2. The van der Waals surface area contributed by atoms with Gasteiger partial charge in [-0.25, -0.2) is 9.97 Å². The molecule has 3 aromatic heterocycles. The molecule has 4 nitrogen and oxygen atoms in total. The van der Waals surface area contributed by atoms with E-state index in [0.29, 0.717) is 0 Å². The van der Waals surface area contributed by atoms with Crippen LogP contribution in [-0.4, -0.2) is 15.0 Å². The fraction of sp³-hybridized carbons (Fsp3) is 0. The lowest BCUT2D eigenvalue weighted by atomic mass is 10.1. The number of halogens is 1. The second kappa shape index (κ2) is 3.89. The van der Waals surface area contributed by atoms with Crippen molar-refractivity contribution in [1.29, 1.82) is 0 Å². The monoisotopic (exact) mass is 335 g/mol. The highest BCUT2D eigenvalue weighted by atomic mass is 127. The molecule has 3 aromatic rings. The summed E-state index contributed by atoms with van der Waals surface area (Å²) in [5.41, 5.74) is 2.45. The lowest BCUT2D eigenvalue weighted by Gasteiger charge is -1.95. The Hall–Kier alpha value is -1.81. The van der Waals surface area contributed by atoms with Gasteiger partial charge in [0.25, 0.3) is 0 Å². The predicted molar refractivity (Wildman–Crippen MR) is 72.2 cm³/mol. The second-order valence-electron chi connectivity index (χ2n) is 3.44. The highest BCUT2D eigenvalue weighted by molar-refractivity contribution is 14.1. The molecule has 3 heterocycles. The SMILES string of the molecule is C#Cc1cnc2[nH]cc(-c3ocnc3I)c2c1. The van der Waals surface area contributed by atoms with Crippen molar-refractivity contribution in [2.45, 2.75) is 0 Å². The van der Waals surface area contributed by atoms with Crippen LogP contribution in [0.4, 0.5) is 0 Å². The Balaban J connectivity index is 2.31. The van der Waals surface area contributed by atoms with Gasteiger partial charge in [-0.05, 0) is 28.7 Å². The number of aromatic amines is 1. The van der Waals surface area contributed by atoms with E-state index in [1.165, 1.54) is 6.39 Å². The Morgan fingerprint density at radius 3 is 3.00 bits per heavy atom. The molecular formula is C12H6IN3O. The van der Waals surface area contributed by atoms with E-state index in [2.05, 4.69) is 43.5 Å². The molecule has 17 heavy (non-hydrogen) atoms. The standard InChI is InChI=1S/C12H6IN3O/c1-2-7-3-8-9(5-15-12(8)14-4-7)10-11(13)16-6-17-10/h1,3-6H,(H,14,15). The summed E-state index contributed by atoms with van der Waals surface area (Å²) in [7, 11) is 0. The van der Waals surface area contributed by atoms with Gasteiger partial charge in [-0.1, -0.05) is 5.92 Å². The zero-order valence-corrected chi connectivity index (χ0v) is 10.7. The summed E-state index contributed by atoms with van der Waals surface area (Å²) in [6.07, 6.45) is 10.3. The first-order valence-electron chi connectivity index (χ1n) is 4.82. The molecule has 0 aliphatic rings. The van der Waals surface area contributed by atoms with E-state index < -0.39 is 0 Å². The Morgan fingerprint density at radius 2 is 2.29 bits per heavy atom. The van der Waals surface area contributed by atoms with Crippen molar-refractivity contribution < 1.29 is 4.42 Å². The maximum atomic E-state index is 5.37. The molecule has 0 saturated heterocycles. The minimum absolute atomic E-state index is 0.729. The van der Waals surface area contributed by atoms with Crippen LogP contribution in [0, 0.1) is 16.0 Å². The van der Waals surface area contributed by atoms with E-state index in [0.717, 1.165) is 31.6 Å². The number of terminal acetylenes is 1. The molecule has 3 rings (SSSR count). The minimum atomic E-state index is 0.729. The molecule has 1 N–H and O–H groups in total. The van der Waals surface area contributed by atoms with Gasteiger partial charge < -0.3 is 9.40 Å². The van der Waals surface area contributed by atoms with Crippen molar-refractivity contribution in [2.75, 3.05) is 0 Å². The van der Waals surface area contributed by atoms with Crippen LogP contribution < -0.4 is 0 Å². The number of pyridine rings is 1. The largest absolute Gasteiger partial charge is 0.442 e. The third kappa shape index (κ3) is 1.61. The normalized spacial score (nSPS) is 10.6. The van der Waals surface area contributed by atoms with Crippen LogP contribution in [0.25, 0.3) is 22.4 Å². The first-order valence-corrected chi connectivity index (χ1v) is 5.90. The molecule has 5 heteroatoms. The van der Waals surface area contributed by atoms with Crippen molar-refractivity contribution in [3.8, 4) is 23.7 Å². The number of H-pyrrole nitrogens is 1. The molecule has 0 spiro atoms. The van der Waals surface area contributed by atoms with Crippen LogP contribution in [0.3, 0.4) is 0 Å². The molecule has 0 fully saturated rings. The van der Waals surface area contributed by atoms with E-state index in [9.17, 15) is 0 Å². The van der Waals surface area contributed by atoms with E-state index in [1.54, 1.807) is 6.20 Å². The number of hydrogen-bond acceptors (Lipinski definition) is 3. The maximum Gasteiger partial charge on any atom is 0.182 e. The van der Waals surface area contributed by atoms with Gasteiger partial charge in [0.1, 0.15) is 9.35 Å². The molecule has 0 bridgehead atoms. The number of aromatic nitrogens is 3. The summed E-state index contributed by atoms with van der Waals surface area (Å²) in [6, 6.07) is 1.91. The third-order valence-electron chi connectivity index (χ3n) is 2.47. The van der Waals surface area contributed by atoms with Gasteiger partial charge in [-0.15, -0.1) is 6.42 Å². The lowest BCUT2D eigenvalue weighted by molar-refractivity contribution is 0.572. The summed E-state index contributed by atoms with van der Waals surface area (Å²) in [5, 5.41) is 0.940. The molecule has 0 atom stereocenters. The Kier molecular flexibility index (Phi) is 2.37. The molecule has 0 unspecified atom stereocenters. The van der Waals surface area contributed by atoms with Crippen molar-refractivity contribution in [2.24, 2.45) is 0 Å². The fourth-order valence-corrected chi connectivity index (χ4v) is 2.21. The Labute approximate surface area is 111 Å². The third-order valence-corrected chi connectivity index (χ3v) is 3.23. The highest BCUT2D eigenvalue weighted by Gasteiger charge is 2.14. The van der Waals surface area contributed by atoms with E-state index in [1.807, 2.05) is 12.3 Å². The highest BCUT2D eigenvalue weighted by Crippen LogP contribution is 2.30. The molecular weight excluding hydrogens is 329 g/mol. The summed E-state index contributed by atoms with van der Waals surface area (Å²) in [4.78, 5) is 11.4. The first kappa shape index (κ1) is 10.4. The van der Waals surface area contributed by atoms with Gasteiger partial charge in [0, 0.05) is 28.9 Å². The minimum Gasteiger partial charge on any atom is -0.442 e. The fourth-order valence-electron chi connectivity index (χ4n) is 1.68. The van der Waals surface area contributed by atoms with Gasteiger partial charge in [0.05, 0.1) is 0 Å². The van der Waals surface area contributed by atoms with Crippen molar-refractivity contribution in [3.63, 3.8) is 0 Å². The summed E-state index contributed by atoms with van der Waals surface area (Å²) in [5.74, 6) is 3.30. The maximum absolute atomic E-state index is 5.37. The van der Waals surface area contributed by atoms with Crippen LogP contribution >= 0.6 is 22.6 Å². The Bertz CT molecular complexity index is 736. The van der Waals surface area contributed by atoms with Crippen molar-refractivity contribution in [3.05, 3.63) is 34.1 Å². The van der Waals surface area contributed by atoms with Crippen LogP contribution in [0.5, 0.6) is 0 Å². The topological polar surface area (TPSA) is 54.7 Å². The number of nitrogens with one attached hydrogen (secondary N) is 1. The van der Waals surface area contributed by atoms with E-state index >= 15 is 0 Å². The van der Waals surface area contributed by atoms with Gasteiger partial charge in [-0.3, -0.25) is 0 Å². The number of hydrogen-bond donors (Lipinski definition) is 1. The summed E-state index contributed by atoms with van der Waals surface area (Å²) >= 11 is 2.13. The van der Waals surface area contributed by atoms with Gasteiger partial charge in [-0.2, -0.15) is 0 Å². The van der Waals surface area contributed by atoms with Crippen LogP contribution in [-0.2, 0) is 0 Å². The quantitative estimate of drug-likeness (QED) is 0.550. The van der Waals surface area contributed by atoms with Gasteiger partial charge in [0.2, 0.25) is 0 Å². The van der Waals surface area contributed by atoms with Crippen LogP contribution in [0.15, 0.2) is 29.3 Å². The average molecular weight is 335 g/mol. The molecule has 82 valence electrons. The predicted octanol–water partition coefficient (Wildman–Crippen LogP) is 2.80. The zero-order chi connectivity index (χ0) is 11.8. The first-order chi connectivity index (χ1) is 8.29. The molecule has 0 radical (unpaired) electrons. The van der Waals surface area contributed by atoms with Crippen molar-refractivity contribution in [1.82, 2.24) is 15.0 Å². The molecule has 0 aromatic carbocycles. The molecule has 0 aliphatic carbocycles. The van der Waals surface area contributed by atoms with Crippen molar-refractivity contribution >= 4 is 33.6 Å². The number of oxazole rings is 1. The number of rotatable bonds is 1. The number of fused-ring (bicyclic) bond motifs is 1. The Morgan fingerprint density at radius 1 is 1.41 bits per heavy atom. The van der Waals surface area contributed by atoms with Gasteiger partial charge in [0.15, 0.2) is 12.2 Å². The lowest BCUT2D eigenvalue weighted by Crippen LogP contribution is -1.81. The molecule has 0 aliphatic heterocycles. The van der Waals surface area contributed by atoms with Crippen LogP contribution in [0.1, 0.15) is 5.56 Å². The summed E-state index contributed by atoms with van der Waals surface area (Å²) in [6.45, 7) is 0. The second-order valence-corrected chi connectivity index (χ2v) is 4.46. The van der Waals surface area contributed by atoms with E-state index in [4.69, 9.17) is 10.8 Å². The summed E-state index contributed by atoms with van der Waals surface area (Å²) < 4.78 is 6.19. The smallest absolute Gasteiger partial charge is 0.182 e. The molecule has 0 saturated carbocycles.